The van der Waals surface area contributed by atoms with E-state index in [4.69, 9.17) is 4.99 Å². The number of nitrogens with zero attached hydrogens (tertiary/aromatic N) is 3. The van der Waals surface area contributed by atoms with Crippen LogP contribution in [-0.4, -0.2) is 55.9 Å². The summed E-state index contributed by atoms with van der Waals surface area (Å²) in [5.41, 5.74) is 4.46. The molecule has 2 aromatic rings. The van der Waals surface area contributed by atoms with Crippen LogP contribution in [0.2, 0.25) is 0 Å². The molecular weight excluding hydrogens is 487 g/mol. The Morgan fingerprint density at radius 3 is 2.23 bits per heavy atom. The molecule has 0 fully saturated rings. The normalized spacial score (nSPS) is 10.9. The van der Waals surface area contributed by atoms with Crippen LogP contribution in [0.15, 0.2) is 53.5 Å². The largest absolute Gasteiger partial charge is 0.357 e. The fourth-order valence-electron chi connectivity index (χ4n) is 3.11. The fraction of sp³-hybridized carbons (Fsp3) is 0.417. The standard InChI is InChI=1S/C24H34N4O.HI/c1-6-19-11-13-21(14-12-19)18-28(5)24(25-7-2)26-16-15-20-9-8-10-22(17-20)23(29)27(3)4;/h8-14,17H,6-7,15-16,18H2,1-5H3,(H,25,26);1H. The van der Waals surface area contributed by atoms with E-state index in [1.807, 2.05) is 24.3 Å². The topological polar surface area (TPSA) is 47.9 Å². The van der Waals surface area contributed by atoms with Gasteiger partial charge in [0.05, 0.1) is 0 Å². The Morgan fingerprint density at radius 1 is 0.967 bits per heavy atom. The zero-order valence-electron chi connectivity index (χ0n) is 18.8. The van der Waals surface area contributed by atoms with Crippen molar-refractivity contribution >= 4 is 35.8 Å². The van der Waals surface area contributed by atoms with Crippen molar-refractivity contribution in [2.45, 2.75) is 33.2 Å². The van der Waals surface area contributed by atoms with E-state index in [0.29, 0.717) is 6.54 Å². The van der Waals surface area contributed by atoms with Crippen molar-refractivity contribution in [1.82, 2.24) is 15.1 Å². The second-order valence-corrected chi connectivity index (χ2v) is 7.41. The van der Waals surface area contributed by atoms with Gasteiger partial charge in [-0.3, -0.25) is 9.79 Å². The van der Waals surface area contributed by atoms with Crippen molar-refractivity contribution < 1.29 is 4.79 Å². The highest BCUT2D eigenvalue weighted by molar-refractivity contribution is 14.0. The Kier molecular flexibility index (Phi) is 11.5. The van der Waals surface area contributed by atoms with Gasteiger partial charge in [0.2, 0.25) is 0 Å². The van der Waals surface area contributed by atoms with Gasteiger partial charge in [0, 0.05) is 46.3 Å². The van der Waals surface area contributed by atoms with Gasteiger partial charge in [0.25, 0.3) is 5.91 Å². The number of hydrogen-bond acceptors (Lipinski definition) is 2. The summed E-state index contributed by atoms with van der Waals surface area (Å²) in [5.74, 6) is 0.921. The molecule has 30 heavy (non-hydrogen) atoms. The minimum atomic E-state index is 0. The third kappa shape index (κ3) is 7.97. The lowest BCUT2D eigenvalue weighted by Gasteiger charge is -2.22. The van der Waals surface area contributed by atoms with Crippen molar-refractivity contribution in [2.24, 2.45) is 4.99 Å². The lowest BCUT2D eigenvalue weighted by molar-refractivity contribution is 0.0827. The van der Waals surface area contributed by atoms with Crippen LogP contribution in [0, 0.1) is 0 Å². The summed E-state index contributed by atoms with van der Waals surface area (Å²) in [6.45, 7) is 6.55. The second-order valence-electron chi connectivity index (χ2n) is 7.41. The lowest BCUT2D eigenvalue weighted by Crippen LogP contribution is -2.38. The number of halogens is 1. The first-order chi connectivity index (χ1) is 13.9. The van der Waals surface area contributed by atoms with E-state index in [1.54, 1.807) is 19.0 Å². The van der Waals surface area contributed by atoms with E-state index < -0.39 is 0 Å². The molecule has 1 amide bonds. The Balaban J connectivity index is 0.00000450. The molecular formula is C24H35IN4O. The minimum Gasteiger partial charge on any atom is -0.357 e. The maximum atomic E-state index is 12.1. The summed E-state index contributed by atoms with van der Waals surface area (Å²) in [5, 5.41) is 3.37. The van der Waals surface area contributed by atoms with Crippen molar-refractivity contribution in [3.05, 3.63) is 70.8 Å². The number of rotatable bonds is 8. The van der Waals surface area contributed by atoms with E-state index in [1.165, 1.54) is 11.1 Å². The highest BCUT2D eigenvalue weighted by atomic mass is 127. The zero-order valence-corrected chi connectivity index (χ0v) is 21.1. The lowest BCUT2D eigenvalue weighted by atomic mass is 10.1. The summed E-state index contributed by atoms with van der Waals surface area (Å²) in [7, 11) is 5.60. The first kappa shape index (κ1) is 25.9. The molecule has 1 N–H and O–H groups in total. The van der Waals surface area contributed by atoms with Crippen LogP contribution in [0.5, 0.6) is 0 Å². The molecule has 0 radical (unpaired) electrons. The molecule has 0 spiro atoms. The summed E-state index contributed by atoms with van der Waals surface area (Å²) < 4.78 is 0. The molecule has 164 valence electrons. The number of benzene rings is 2. The van der Waals surface area contributed by atoms with Gasteiger partial charge in [-0.1, -0.05) is 43.3 Å². The van der Waals surface area contributed by atoms with Gasteiger partial charge in [-0.05, 0) is 48.6 Å². The number of carbonyl (C=O) groups excluding carboxylic acids is 1. The molecule has 0 heterocycles. The van der Waals surface area contributed by atoms with Crippen molar-refractivity contribution in [1.29, 1.82) is 0 Å². The van der Waals surface area contributed by atoms with Gasteiger partial charge in [0.1, 0.15) is 0 Å². The van der Waals surface area contributed by atoms with Gasteiger partial charge < -0.3 is 15.1 Å². The van der Waals surface area contributed by atoms with Crippen LogP contribution in [0.25, 0.3) is 0 Å². The molecule has 0 saturated heterocycles. The molecule has 5 nitrogen and oxygen atoms in total. The molecule has 0 bridgehead atoms. The van der Waals surface area contributed by atoms with E-state index in [0.717, 1.165) is 43.0 Å². The van der Waals surface area contributed by atoms with Crippen LogP contribution in [0.1, 0.15) is 40.9 Å². The van der Waals surface area contributed by atoms with Gasteiger partial charge in [0.15, 0.2) is 5.96 Å². The molecule has 6 heteroatoms. The summed E-state index contributed by atoms with van der Waals surface area (Å²) in [6, 6.07) is 16.6. The Bertz CT molecular complexity index is 818. The highest BCUT2D eigenvalue weighted by Crippen LogP contribution is 2.10. The Labute approximate surface area is 198 Å². The summed E-state index contributed by atoms with van der Waals surface area (Å²) >= 11 is 0. The van der Waals surface area contributed by atoms with Gasteiger partial charge in [-0.15, -0.1) is 24.0 Å². The van der Waals surface area contributed by atoms with E-state index in [2.05, 4.69) is 55.4 Å². The first-order valence-corrected chi connectivity index (χ1v) is 10.3. The van der Waals surface area contributed by atoms with Crippen LogP contribution in [0.4, 0.5) is 0 Å². The van der Waals surface area contributed by atoms with E-state index >= 15 is 0 Å². The number of nitrogens with one attached hydrogen (secondary N) is 1. The molecule has 2 aromatic carbocycles. The van der Waals surface area contributed by atoms with Crippen LogP contribution >= 0.6 is 24.0 Å². The monoisotopic (exact) mass is 522 g/mol. The van der Waals surface area contributed by atoms with E-state index in [9.17, 15) is 4.79 Å². The number of carbonyl (C=O) groups is 1. The molecule has 0 aliphatic rings. The van der Waals surface area contributed by atoms with Crippen molar-refractivity contribution in [2.75, 3.05) is 34.2 Å². The maximum Gasteiger partial charge on any atom is 0.253 e. The maximum absolute atomic E-state index is 12.1. The van der Waals surface area contributed by atoms with Gasteiger partial charge >= 0.3 is 0 Å². The molecule has 0 atom stereocenters. The Morgan fingerprint density at radius 2 is 1.63 bits per heavy atom. The number of aliphatic imine (C=N–C) groups is 1. The van der Waals surface area contributed by atoms with Crippen LogP contribution in [-0.2, 0) is 19.4 Å². The summed E-state index contributed by atoms with van der Waals surface area (Å²) in [4.78, 5) is 20.7. The average Bonchev–Trinajstić information content (AvgIpc) is 2.73. The average molecular weight is 522 g/mol. The molecule has 2 rings (SSSR count). The van der Waals surface area contributed by atoms with Crippen molar-refractivity contribution in [3.63, 3.8) is 0 Å². The summed E-state index contributed by atoms with van der Waals surface area (Å²) in [6.07, 6.45) is 1.85. The second kappa shape index (κ2) is 13.3. The molecule has 0 unspecified atom stereocenters. The molecule has 0 aliphatic carbocycles. The molecule has 0 aliphatic heterocycles. The van der Waals surface area contributed by atoms with Gasteiger partial charge in [-0.25, -0.2) is 0 Å². The zero-order chi connectivity index (χ0) is 21.2. The Hall–Kier alpha value is -2.09. The number of aryl methyl sites for hydroxylation is 1. The van der Waals surface area contributed by atoms with Gasteiger partial charge in [-0.2, -0.15) is 0 Å². The van der Waals surface area contributed by atoms with E-state index in [-0.39, 0.29) is 29.9 Å². The molecule has 0 saturated carbocycles. The third-order valence-corrected chi connectivity index (χ3v) is 4.79. The first-order valence-electron chi connectivity index (χ1n) is 10.3. The highest BCUT2D eigenvalue weighted by Gasteiger charge is 2.09. The smallest absolute Gasteiger partial charge is 0.253 e. The predicted molar refractivity (Wildman–Crippen MR) is 137 cm³/mol. The number of guanidine groups is 1. The third-order valence-electron chi connectivity index (χ3n) is 4.79. The molecule has 0 aromatic heterocycles. The number of hydrogen-bond donors (Lipinski definition) is 1. The predicted octanol–water partition coefficient (Wildman–Crippen LogP) is 4.21. The quantitative estimate of drug-likeness (QED) is 0.321. The van der Waals surface area contributed by atoms with Crippen LogP contribution in [0.3, 0.4) is 0 Å². The number of amides is 1. The minimum absolute atomic E-state index is 0. The SMILES string of the molecule is CCNC(=NCCc1cccc(C(=O)N(C)C)c1)N(C)Cc1ccc(CC)cc1.I. The van der Waals surface area contributed by atoms with Crippen LogP contribution < -0.4 is 5.32 Å². The van der Waals surface area contributed by atoms with Crippen molar-refractivity contribution in [3.8, 4) is 0 Å². The fourth-order valence-corrected chi connectivity index (χ4v) is 3.11.